The van der Waals surface area contributed by atoms with E-state index in [0.717, 1.165) is 0 Å². The monoisotopic (exact) mass is 190 g/mol. The van der Waals surface area contributed by atoms with Gasteiger partial charge in [0.2, 0.25) is 6.17 Å². The van der Waals surface area contributed by atoms with Gasteiger partial charge in [-0.1, -0.05) is 11.6 Å². The molecular formula is C6H4ClFN2O2. The summed E-state index contributed by atoms with van der Waals surface area (Å²) in [5.74, 6) is -1.59. The van der Waals surface area contributed by atoms with E-state index in [1.165, 1.54) is 12.1 Å². The molecule has 1 unspecified atom stereocenters. The number of hydrogen-bond acceptors (Lipinski definition) is 3. The number of aliphatic carboxylic acids is 1. The Bertz CT molecular complexity index is 290. The van der Waals surface area contributed by atoms with Crippen LogP contribution in [0.2, 0.25) is 5.15 Å². The van der Waals surface area contributed by atoms with Crippen molar-refractivity contribution in [1.29, 1.82) is 0 Å². The summed E-state index contributed by atoms with van der Waals surface area (Å²) < 4.78 is 12.6. The number of carboxylic acid groups (broad SMARTS) is 1. The summed E-state index contributed by atoms with van der Waals surface area (Å²) in [5.41, 5.74) is -0.257. The lowest BCUT2D eigenvalue weighted by molar-refractivity contribution is -0.143. The molecule has 4 nitrogen and oxygen atoms in total. The van der Waals surface area contributed by atoms with Crippen LogP contribution in [0.25, 0.3) is 0 Å². The molecule has 0 aliphatic heterocycles. The predicted molar refractivity (Wildman–Crippen MR) is 38.5 cm³/mol. The second-order valence-electron chi connectivity index (χ2n) is 1.98. The number of carboxylic acids is 1. The number of carbonyl (C=O) groups is 1. The van der Waals surface area contributed by atoms with Crippen molar-refractivity contribution in [2.45, 2.75) is 6.17 Å². The van der Waals surface area contributed by atoms with E-state index in [4.69, 9.17) is 16.7 Å². The molecule has 0 spiro atoms. The average Bonchev–Trinajstić information content (AvgIpc) is 2.04. The van der Waals surface area contributed by atoms with E-state index in [-0.39, 0.29) is 10.8 Å². The molecular weight excluding hydrogens is 187 g/mol. The van der Waals surface area contributed by atoms with E-state index in [9.17, 15) is 9.18 Å². The molecule has 0 aliphatic carbocycles. The van der Waals surface area contributed by atoms with Crippen LogP contribution in [0.3, 0.4) is 0 Å². The van der Waals surface area contributed by atoms with Crippen molar-refractivity contribution in [3.63, 3.8) is 0 Å². The number of nitrogens with zero attached hydrogens (tertiary/aromatic N) is 2. The summed E-state index contributed by atoms with van der Waals surface area (Å²) in [6.45, 7) is 0. The van der Waals surface area contributed by atoms with Crippen LogP contribution >= 0.6 is 11.6 Å². The molecule has 1 aromatic rings. The van der Waals surface area contributed by atoms with E-state index in [0.29, 0.717) is 0 Å². The standard InChI is InChI=1S/C6H4ClFN2O2/c7-4-2-1-3(9-10-4)5(8)6(11)12/h1-2,5H,(H,11,12). The van der Waals surface area contributed by atoms with Crippen molar-refractivity contribution >= 4 is 17.6 Å². The average molecular weight is 191 g/mol. The van der Waals surface area contributed by atoms with Gasteiger partial charge >= 0.3 is 5.97 Å². The first-order valence-electron chi connectivity index (χ1n) is 2.97. The molecule has 0 amide bonds. The van der Waals surface area contributed by atoms with E-state index in [2.05, 4.69) is 10.2 Å². The fourth-order valence-electron chi connectivity index (χ4n) is 0.588. The molecule has 0 saturated carbocycles. The van der Waals surface area contributed by atoms with Crippen LogP contribution < -0.4 is 0 Å². The second-order valence-corrected chi connectivity index (χ2v) is 2.37. The first-order valence-corrected chi connectivity index (χ1v) is 3.35. The minimum atomic E-state index is -2.14. The number of halogens is 2. The van der Waals surface area contributed by atoms with Gasteiger partial charge in [-0.3, -0.25) is 0 Å². The summed E-state index contributed by atoms with van der Waals surface area (Å²) >= 11 is 5.35. The van der Waals surface area contributed by atoms with Gasteiger partial charge in [-0.15, -0.1) is 5.10 Å². The molecule has 1 heterocycles. The van der Waals surface area contributed by atoms with Crippen molar-refractivity contribution in [3.8, 4) is 0 Å². The zero-order chi connectivity index (χ0) is 9.14. The molecule has 0 saturated heterocycles. The van der Waals surface area contributed by atoms with Gasteiger partial charge in [0.25, 0.3) is 0 Å². The molecule has 6 heteroatoms. The fourth-order valence-corrected chi connectivity index (χ4v) is 0.689. The highest BCUT2D eigenvalue weighted by Crippen LogP contribution is 2.14. The first-order chi connectivity index (χ1) is 5.61. The van der Waals surface area contributed by atoms with E-state index >= 15 is 0 Å². The van der Waals surface area contributed by atoms with Gasteiger partial charge in [0.05, 0.1) is 0 Å². The Kier molecular flexibility index (Phi) is 2.54. The predicted octanol–water partition coefficient (Wildman–Crippen LogP) is 1.23. The van der Waals surface area contributed by atoms with Gasteiger partial charge < -0.3 is 5.11 Å². The lowest BCUT2D eigenvalue weighted by atomic mass is 10.3. The maximum Gasteiger partial charge on any atom is 0.344 e. The van der Waals surface area contributed by atoms with Crippen LogP contribution in [-0.2, 0) is 4.79 Å². The minimum absolute atomic E-state index is 0.0938. The number of aromatic nitrogens is 2. The normalized spacial score (nSPS) is 12.5. The third-order valence-corrected chi connectivity index (χ3v) is 1.33. The Balaban J connectivity index is 2.89. The summed E-state index contributed by atoms with van der Waals surface area (Å²) in [6.07, 6.45) is -2.14. The van der Waals surface area contributed by atoms with Gasteiger partial charge in [0.1, 0.15) is 5.69 Å². The Hall–Kier alpha value is -1.23. The molecule has 0 aromatic carbocycles. The third kappa shape index (κ3) is 1.88. The SMILES string of the molecule is O=C(O)C(F)c1ccc(Cl)nn1. The van der Waals surface area contributed by atoms with Crippen LogP contribution in [0.4, 0.5) is 4.39 Å². The fraction of sp³-hybridized carbons (Fsp3) is 0.167. The summed E-state index contributed by atoms with van der Waals surface area (Å²) in [4.78, 5) is 10.1. The van der Waals surface area contributed by atoms with Gasteiger partial charge in [0, 0.05) is 0 Å². The van der Waals surface area contributed by atoms with Crippen molar-refractivity contribution in [1.82, 2.24) is 10.2 Å². The maximum absolute atomic E-state index is 12.6. The van der Waals surface area contributed by atoms with Crippen LogP contribution in [0.15, 0.2) is 12.1 Å². The maximum atomic E-state index is 12.6. The molecule has 1 N–H and O–H groups in total. The number of hydrogen-bond donors (Lipinski definition) is 1. The van der Waals surface area contributed by atoms with Crippen LogP contribution in [-0.4, -0.2) is 21.3 Å². The Labute approximate surface area is 72.0 Å². The zero-order valence-corrected chi connectivity index (χ0v) is 6.49. The highest BCUT2D eigenvalue weighted by atomic mass is 35.5. The highest BCUT2D eigenvalue weighted by molar-refractivity contribution is 6.29. The summed E-state index contributed by atoms with van der Waals surface area (Å²) in [7, 11) is 0. The van der Waals surface area contributed by atoms with Crippen molar-refractivity contribution in [2.75, 3.05) is 0 Å². The van der Waals surface area contributed by atoms with E-state index in [1.807, 2.05) is 0 Å². The van der Waals surface area contributed by atoms with Crippen molar-refractivity contribution in [2.24, 2.45) is 0 Å². The lowest BCUT2D eigenvalue weighted by Crippen LogP contribution is -2.08. The molecule has 1 aromatic heterocycles. The molecule has 12 heavy (non-hydrogen) atoms. The molecule has 0 radical (unpaired) electrons. The van der Waals surface area contributed by atoms with Crippen molar-refractivity contribution < 1.29 is 14.3 Å². The van der Waals surface area contributed by atoms with E-state index < -0.39 is 12.1 Å². The van der Waals surface area contributed by atoms with Crippen molar-refractivity contribution in [3.05, 3.63) is 23.0 Å². The highest BCUT2D eigenvalue weighted by Gasteiger charge is 2.19. The lowest BCUT2D eigenvalue weighted by Gasteiger charge is -1.99. The second kappa shape index (κ2) is 3.44. The molecule has 0 aliphatic rings. The molecule has 64 valence electrons. The number of alkyl halides is 1. The zero-order valence-electron chi connectivity index (χ0n) is 5.74. The number of rotatable bonds is 2. The third-order valence-electron chi connectivity index (χ3n) is 1.13. The smallest absolute Gasteiger partial charge is 0.344 e. The largest absolute Gasteiger partial charge is 0.479 e. The first kappa shape index (κ1) is 8.86. The van der Waals surface area contributed by atoms with Crippen LogP contribution in [0.5, 0.6) is 0 Å². The van der Waals surface area contributed by atoms with Crippen LogP contribution in [0, 0.1) is 0 Å². The quantitative estimate of drug-likeness (QED) is 0.762. The van der Waals surface area contributed by atoms with E-state index in [1.54, 1.807) is 0 Å². The van der Waals surface area contributed by atoms with Gasteiger partial charge in [-0.25, -0.2) is 9.18 Å². The molecule has 1 rings (SSSR count). The Morgan fingerprint density at radius 1 is 1.58 bits per heavy atom. The molecule has 1 atom stereocenters. The Morgan fingerprint density at radius 2 is 2.25 bits per heavy atom. The minimum Gasteiger partial charge on any atom is -0.479 e. The summed E-state index contributed by atoms with van der Waals surface area (Å²) in [6, 6.07) is 2.45. The van der Waals surface area contributed by atoms with Gasteiger partial charge in [0.15, 0.2) is 5.15 Å². The van der Waals surface area contributed by atoms with Gasteiger partial charge in [-0.05, 0) is 12.1 Å². The molecule has 0 fully saturated rings. The van der Waals surface area contributed by atoms with Gasteiger partial charge in [-0.2, -0.15) is 5.10 Å². The Morgan fingerprint density at radius 3 is 2.67 bits per heavy atom. The topological polar surface area (TPSA) is 63.1 Å². The molecule has 0 bridgehead atoms. The van der Waals surface area contributed by atoms with Crippen LogP contribution in [0.1, 0.15) is 11.9 Å². The summed E-state index contributed by atoms with van der Waals surface area (Å²) in [5, 5.41) is 14.9.